The van der Waals surface area contributed by atoms with Crippen LogP contribution in [0.5, 0.6) is 0 Å². The molecule has 0 aromatic rings. The molecular formula is C17H29IO3. The van der Waals surface area contributed by atoms with E-state index < -0.39 is 0 Å². The van der Waals surface area contributed by atoms with Gasteiger partial charge in [-0.05, 0) is 44.9 Å². The smallest absolute Gasteiger partial charge is 0.106 e. The molecular weight excluding hydrogens is 379 g/mol. The zero-order valence-corrected chi connectivity index (χ0v) is 15.5. The van der Waals surface area contributed by atoms with Crippen molar-refractivity contribution < 1.29 is 14.6 Å². The summed E-state index contributed by atoms with van der Waals surface area (Å²) < 4.78 is 13.7. The predicted octanol–water partition coefficient (Wildman–Crippen LogP) is 3.87. The second-order valence-electron chi connectivity index (χ2n) is 6.82. The molecule has 2 saturated heterocycles. The molecule has 0 amide bonds. The standard InChI is InChI=1S/C17H29IO3/c1-12(2)13(3)9-14-6-7-16-17(11-18,21-14)10-15(20-16)5-4-8-19/h13-16,19H,1,4-11H2,2-3H3/t13-,14-,15+,16+,17-/m1/s1. The van der Waals surface area contributed by atoms with E-state index in [0.717, 1.165) is 43.0 Å². The summed E-state index contributed by atoms with van der Waals surface area (Å²) in [4.78, 5) is 0. The third-order valence-corrected chi connectivity index (χ3v) is 6.33. The van der Waals surface area contributed by atoms with Gasteiger partial charge in [-0.3, -0.25) is 0 Å². The zero-order valence-electron chi connectivity index (χ0n) is 13.3. The molecule has 0 radical (unpaired) electrons. The van der Waals surface area contributed by atoms with Crippen molar-refractivity contribution in [1.82, 2.24) is 0 Å². The number of allylic oxidation sites excluding steroid dienone is 1. The van der Waals surface area contributed by atoms with E-state index >= 15 is 0 Å². The van der Waals surface area contributed by atoms with Gasteiger partial charge in [-0.2, -0.15) is 0 Å². The average Bonchev–Trinajstić information content (AvgIpc) is 2.83. The number of rotatable bonds is 7. The SMILES string of the molecule is C=C(C)[C@H](C)C[C@H]1CC[C@@H]2O[C@@H](CCCO)C[C@]2(CI)O1. The summed E-state index contributed by atoms with van der Waals surface area (Å²) in [6.45, 7) is 8.66. The number of halogens is 1. The molecule has 1 N–H and O–H groups in total. The van der Waals surface area contributed by atoms with E-state index in [-0.39, 0.29) is 24.4 Å². The van der Waals surface area contributed by atoms with Gasteiger partial charge in [0.15, 0.2) is 0 Å². The van der Waals surface area contributed by atoms with Crippen LogP contribution < -0.4 is 0 Å². The molecule has 21 heavy (non-hydrogen) atoms. The first-order valence-corrected chi connectivity index (χ1v) is 9.69. The normalized spacial score (nSPS) is 37.2. The molecule has 2 heterocycles. The Hall–Kier alpha value is 0.350. The number of alkyl halides is 1. The highest BCUT2D eigenvalue weighted by Gasteiger charge is 2.52. The molecule has 5 atom stereocenters. The summed E-state index contributed by atoms with van der Waals surface area (Å²) in [5.74, 6) is 0.519. The Morgan fingerprint density at radius 1 is 1.43 bits per heavy atom. The Morgan fingerprint density at radius 3 is 2.81 bits per heavy atom. The molecule has 0 bridgehead atoms. The lowest BCUT2D eigenvalue weighted by molar-refractivity contribution is -0.155. The maximum Gasteiger partial charge on any atom is 0.106 e. The van der Waals surface area contributed by atoms with E-state index in [1.54, 1.807) is 0 Å². The fraction of sp³-hybridized carbons (Fsp3) is 0.882. The van der Waals surface area contributed by atoms with Crippen LogP contribution in [0.2, 0.25) is 0 Å². The van der Waals surface area contributed by atoms with Crippen LogP contribution in [0.15, 0.2) is 12.2 Å². The van der Waals surface area contributed by atoms with Gasteiger partial charge >= 0.3 is 0 Å². The molecule has 122 valence electrons. The molecule has 2 aliphatic heterocycles. The maximum atomic E-state index is 9.00. The topological polar surface area (TPSA) is 38.7 Å². The molecule has 3 nitrogen and oxygen atoms in total. The molecule has 2 aliphatic rings. The van der Waals surface area contributed by atoms with Crippen LogP contribution in [0.4, 0.5) is 0 Å². The molecule has 2 fully saturated rings. The third kappa shape index (κ3) is 4.21. The minimum absolute atomic E-state index is 0.0988. The van der Waals surface area contributed by atoms with E-state index in [0.29, 0.717) is 12.0 Å². The summed E-state index contributed by atoms with van der Waals surface area (Å²) in [5, 5.41) is 9.00. The minimum atomic E-state index is -0.0988. The van der Waals surface area contributed by atoms with Gasteiger partial charge in [0.25, 0.3) is 0 Å². The Kier molecular flexibility index (Phi) is 6.53. The van der Waals surface area contributed by atoms with Crippen LogP contribution in [0.25, 0.3) is 0 Å². The van der Waals surface area contributed by atoms with Crippen molar-refractivity contribution in [1.29, 1.82) is 0 Å². The van der Waals surface area contributed by atoms with Crippen molar-refractivity contribution in [3.63, 3.8) is 0 Å². The molecule has 0 aromatic carbocycles. The van der Waals surface area contributed by atoms with Crippen LogP contribution >= 0.6 is 22.6 Å². The monoisotopic (exact) mass is 408 g/mol. The third-order valence-electron chi connectivity index (χ3n) is 5.04. The van der Waals surface area contributed by atoms with Crippen molar-refractivity contribution in [2.75, 3.05) is 11.0 Å². The van der Waals surface area contributed by atoms with E-state index in [2.05, 4.69) is 43.0 Å². The first kappa shape index (κ1) is 17.7. The number of hydrogen-bond donors (Lipinski definition) is 1. The molecule has 0 aliphatic carbocycles. The Balaban J connectivity index is 1.96. The number of hydrogen-bond acceptors (Lipinski definition) is 3. The second kappa shape index (κ2) is 7.75. The molecule has 0 spiro atoms. The van der Waals surface area contributed by atoms with Crippen LogP contribution in [0.3, 0.4) is 0 Å². The lowest BCUT2D eigenvalue weighted by Gasteiger charge is -2.42. The van der Waals surface area contributed by atoms with E-state index in [9.17, 15) is 0 Å². The van der Waals surface area contributed by atoms with Crippen molar-refractivity contribution in [2.45, 2.75) is 76.3 Å². The van der Waals surface area contributed by atoms with Crippen LogP contribution in [0.1, 0.15) is 52.4 Å². The quantitative estimate of drug-likeness (QED) is 0.395. The average molecular weight is 408 g/mol. The summed E-state index contributed by atoms with van der Waals surface area (Å²) in [5.41, 5.74) is 1.14. The second-order valence-corrected chi connectivity index (χ2v) is 7.58. The fourth-order valence-corrected chi connectivity index (χ4v) is 4.51. The highest BCUT2D eigenvalue weighted by atomic mass is 127. The van der Waals surface area contributed by atoms with Gasteiger partial charge in [0, 0.05) is 17.5 Å². The predicted molar refractivity (Wildman–Crippen MR) is 93.9 cm³/mol. The highest BCUT2D eigenvalue weighted by Crippen LogP contribution is 2.45. The number of fused-ring (bicyclic) bond motifs is 1. The Morgan fingerprint density at radius 2 is 2.19 bits per heavy atom. The Bertz CT molecular complexity index is 360. The van der Waals surface area contributed by atoms with Gasteiger partial charge < -0.3 is 14.6 Å². The van der Waals surface area contributed by atoms with Crippen molar-refractivity contribution in [2.24, 2.45) is 5.92 Å². The molecule has 0 saturated carbocycles. The number of aliphatic hydroxyl groups is 1. The summed E-state index contributed by atoms with van der Waals surface area (Å²) in [6, 6.07) is 0. The lowest BCUT2D eigenvalue weighted by atomic mass is 9.85. The van der Waals surface area contributed by atoms with E-state index in [1.807, 2.05) is 0 Å². The first-order valence-electron chi connectivity index (χ1n) is 8.16. The van der Waals surface area contributed by atoms with Crippen molar-refractivity contribution in [3.8, 4) is 0 Å². The van der Waals surface area contributed by atoms with Crippen LogP contribution in [-0.4, -0.2) is 40.1 Å². The fourth-order valence-electron chi connectivity index (χ4n) is 3.53. The Labute approximate surface area is 142 Å². The van der Waals surface area contributed by atoms with E-state index in [1.165, 1.54) is 5.57 Å². The van der Waals surface area contributed by atoms with Crippen molar-refractivity contribution in [3.05, 3.63) is 12.2 Å². The zero-order chi connectivity index (χ0) is 15.5. The van der Waals surface area contributed by atoms with Gasteiger partial charge in [-0.15, -0.1) is 0 Å². The molecule has 2 rings (SSSR count). The maximum absolute atomic E-state index is 9.00. The van der Waals surface area contributed by atoms with E-state index in [4.69, 9.17) is 14.6 Å². The molecule has 0 aromatic heterocycles. The van der Waals surface area contributed by atoms with Gasteiger partial charge in [-0.25, -0.2) is 0 Å². The van der Waals surface area contributed by atoms with Gasteiger partial charge in [0.2, 0.25) is 0 Å². The largest absolute Gasteiger partial charge is 0.396 e. The summed E-state index contributed by atoms with van der Waals surface area (Å²) >= 11 is 2.45. The number of ether oxygens (including phenoxy) is 2. The minimum Gasteiger partial charge on any atom is -0.396 e. The summed E-state index contributed by atoms with van der Waals surface area (Å²) in [7, 11) is 0. The van der Waals surface area contributed by atoms with Gasteiger partial charge in [0.1, 0.15) is 5.60 Å². The van der Waals surface area contributed by atoms with Gasteiger partial charge in [0.05, 0.1) is 18.3 Å². The molecule has 4 heteroatoms. The summed E-state index contributed by atoms with van der Waals surface area (Å²) in [6.07, 6.45) is 6.86. The van der Waals surface area contributed by atoms with Crippen LogP contribution in [0, 0.1) is 5.92 Å². The lowest BCUT2D eigenvalue weighted by Crippen LogP contribution is -2.50. The number of aliphatic hydroxyl groups excluding tert-OH is 1. The van der Waals surface area contributed by atoms with Crippen LogP contribution in [-0.2, 0) is 9.47 Å². The molecule has 0 unspecified atom stereocenters. The highest BCUT2D eigenvalue weighted by molar-refractivity contribution is 14.1. The van der Waals surface area contributed by atoms with Crippen molar-refractivity contribution >= 4 is 22.6 Å². The van der Waals surface area contributed by atoms with Gasteiger partial charge in [-0.1, -0.05) is 41.7 Å². The first-order chi connectivity index (χ1) is 10.0.